The third-order valence-electron chi connectivity index (χ3n) is 2.63. The van der Waals surface area contributed by atoms with Crippen LogP contribution in [0.25, 0.3) is 0 Å². The maximum absolute atomic E-state index is 12.7. The van der Waals surface area contributed by atoms with E-state index in [2.05, 4.69) is 15.5 Å². The van der Waals surface area contributed by atoms with Crippen molar-refractivity contribution in [3.05, 3.63) is 35.6 Å². The molecule has 0 aliphatic rings. The molecule has 1 rings (SSSR count). The average molecular weight is 267 g/mol. The molecule has 19 heavy (non-hydrogen) atoms. The zero-order chi connectivity index (χ0) is 14.1. The standard InChI is InChI=1S/C14H22FN3O/c1-18(2)9-3-8-17-14(19)11-16-10-12-4-6-13(15)7-5-12/h4-7,16H,3,8-11H2,1-2H3,(H,17,19). The first-order chi connectivity index (χ1) is 9.08. The van der Waals surface area contributed by atoms with Gasteiger partial charge in [-0.15, -0.1) is 0 Å². The Morgan fingerprint density at radius 3 is 2.58 bits per heavy atom. The van der Waals surface area contributed by atoms with Gasteiger partial charge in [0.1, 0.15) is 5.82 Å². The van der Waals surface area contributed by atoms with Crippen LogP contribution < -0.4 is 10.6 Å². The largest absolute Gasteiger partial charge is 0.355 e. The Morgan fingerprint density at radius 1 is 1.26 bits per heavy atom. The van der Waals surface area contributed by atoms with Crippen LogP contribution in [0, 0.1) is 5.82 Å². The molecule has 0 radical (unpaired) electrons. The molecule has 0 aromatic heterocycles. The number of nitrogens with one attached hydrogen (secondary N) is 2. The second-order valence-electron chi connectivity index (χ2n) is 4.74. The molecule has 0 unspecified atom stereocenters. The highest BCUT2D eigenvalue weighted by molar-refractivity contribution is 5.77. The zero-order valence-electron chi connectivity index (χ0n) is 11.6. The second kappa shape index (κ2) is 8.61. The Hall–Kier alpha value is -1.46. The number of benzene rings is 1. The van der Waals surface area contributed by atoms with Crippen LogP contribution in [0.4, 0.5) is 4.39 Å². The highest BCUT2D eigenvalue weighted by Gasteiger charge is 2.00. The minimum absolute atomic E-state index is 0.0131. The fourth-order valence-corrected chi connectivity index (χ4v) is 1.61. The lowest BCUT2D eigenvalue weighted by Gasteiger charge is -2.10. The summed E-state index contributed by atoms with van der Waals surface area (Å²) in [7, 11) is 4.01. The summed E-state index contributed by atoms with van der Waals surface area (Å²) in [6, 6.07) is 6.24. The van der Waals surface area contributed by atoms with E-state index in [0.29, 0.717) is 13.1 Å². The molecular formula is C14H22FN3O. The van der Waals surface area contributed by atoms with Crippen molar-refractivity contribution in [3.8, 4) is 0 Å². The summed E-state index contributed by atoms with van der Waals surface area (Å²) < 4.78 is 12.7. The monoisotopic (exact) mass is 267 g/mol. The molecule has 0 saturated heterocycles. The lowest BCUT2D eigenvalue weighted by atomic mass is 10.2. The van der Waals surface area contributed by atoms with Gasteiger partial charge in [-0.05, 0) is 44.8 Å². The van der Waals surface area contributed by atoms with E-state index in [0.717, 1.165) is 18.5 Å². The first-order valence-electron chi connectivity index (χ1n) is 6.44. The Bertz CT molecular complexity index is 379. The van der Waals surface area contributed by atoms with Gasteiger partial charge in [0, 0.05) is 13.1 Å². The summed E-state index contributed by atoms with van der Waals surface area (Å²) in [5.41, 5.74) is 0.960. The quantitative estimate of drug-likeness (QED) is 0.690. The van der Waals surface area contributed by atoms with Crippen LogP contribution in [-0.2, 0) is 11.3 Å². The van der Waals surface area contributed by atoms with E-state index in [1.54, 1.807) is 12.1 Å². The molecule has 106 valence electrons. The molecule has 2 N–H and O–H groups in total. The molecule has 5 heteroatoms. The molecule has 0 fully saturated rings. The molecule has 0 atom stereocenters. The third-order valence-corrected chi connectivity index (χ3v) is 2.63. The van der Waals surface area contributed by atoms with Crippen molar-refractivity contribution >= 4 is 5.91 Å². The molecule has 1 aromatic rings. The zero-order valence-corrected chi connectivity index (χ0v) is 11.6. The van der Waals surface area contributed by atoms with Crippen molar-refractivity contribution in [2.24, 2.45) is 0 Å². The van der Waals surface area contributed by atoms with E-state index in [9.17, 15) is 9.18 Å². The van der Waals surface area contributed by atoms with Crippen LogP contribution in [0.1, 0.15) is 12.0 Å². The van der Waals surface area contributed by atoms with E-state index in [-0.39, 0.29) is 18.3 Å². The average Bonchev–Trinajstić information content (AvgIpc) is 2.37. The van der Waals surface area contributed by atoms with Crippen LogP contribution >= 0.6 is 0 Å². The van der Waals surface area contributed by atoms with Crippen molar-refractivity contribution < 1.29 is 9.18 Å². The van der Waals surface area contributed by atoms with Gasteiger partial charge in [-0.2, -0.15) is 0 Å². The lowest BCUT2D eigenvalue weighted by Crippen LogP contribution is -2.35. The van der Waals surface area contributed by atoms with Crippen LogP contribution in [-0.4, -0.2) is 44.5 Å². The van der Waals surface area contributed by atoms with Gasteiger partial charge in [0.2, 0.25) is 5.91 Å². The van der Waals surface area contributed by atoms with E-state index in [4.69, 9.17) is 0 Å². The predicted octanol–water partition coefficient (Wildman–Crippen LogP) is 0.983. The second-order valence-corrected chi connectivity index (χ2v) is 4.74. The Kier molecular flexibility index (Phi) is 7.07. The highest BCUT2D eigenvalue weighted by Crippen LogP contribution is 2.01. The number of nitrogens with zero attached hydrogens (tertiary/aromatic N) is 1. The summed E-state index contributed by atoms with van der Waals surface area (Å²) in [6.07, 6.45) is 0.941. The third kappa shape index (κ3) is 7.54. The number of rotatable bonds is 8. The topological polar surface area (TPSA) is 44.4 Å². The molecule has 0 spiro atoms. The first-order valence-corrected chi connectivity index (χ1v) is 6.44. The highest BCUT2D eigenvalue weighted by atomic mass is 19.1. The lowest BCUT2D eigenvalue weighted by molar-refractivity contribution is -0.120. The molecule has 0 saturated carbocycles. The summed E-state index contributed by atoms with van der Waals surface area (Å²) in [5.74, 6) is -0.261. The molecule has 0 heterocycles. The van der Waals surface area contributed by atoms with Crippen LogP contribution in [0.3, 0.4) is 0 Å². The number of hydrogen-bond donors (Lipinski definition) is 2. The van der Waals surface area contributed by atoms with Crippen molar-refractivity contribution in [1.29, 1.82) is 0 Å². The van der Waals surface area contributed by atoms with Gasteiger partial charge in [-0.25, -0.2) is 4.39 Å². The van der Waals surface area contributed by atoms with E-state index < -0.39 is 0 Å². The Morgan fingerprint density at radius 2 is 1.95 bits per heavy atom. The minimum Gasteiger partial charge on any atom is -0.355 e. The van der Waals surface area contributed by atoms with Gasteiger partial charge < -0.3 is 15.5 Å². The Labute approximate surface area is 114 Å². The van der Waals surface area contributed by atoms with E-state index >= 15 is 0 Å². The van der Waals surface area contributed by atoms with E-state index in [1.165, 1.54) is 12.1 Å². The number of carbonyl (C=O) groups is 1. The molecule has 4 nitrogen and oxygen atoms in total. The number of halogens is 1. The fraction of sp³-hybridized carbons (Fsp3) is 0.500. The van der Waals surface area contributed by atoms with Gasteiger partial charge in [0.25, 0.3) is 0 Å². The minimum atomic E-state index is -0.248. The van der Waals surface area contributed by atoms with Crippen molar-refractivity contribution in [3.63, 3.8) is 0 Å². The summed E-state index contributed by atoms with van der Waals surface area (Å²) in [5, 5.41) is 5.87. The SMILES string of the molecule is CN(C)CCCNC(=O)CNCc1ccc(F)cc1. The number of hydrogen-bond acceptors (Lipinski definition) is 3. The normalized spacial score (nSPS) is 10.7. The van der Waals surface area contributed by atoms with Gasteiger partial charge in [-0.1, -0.05) is 12.1 Å². The molecule has 1 amide bonds. The summed E-state index contributed by atoms with van der Waals surface area (Å²) >= 11 is 0. The van der Waals surface area contributed by atoms with Gasteiger partial charge in [0.05, 0.1) is 6.54 Å². The maximum atomic E-state index is 12.7. The van der Waals surface area contributed by atoms with Crippen LogP contribution in [0.2, 0.25) is 0 Å². The van der Waals surface area contributed by atoms with Gasteiger partial charge in [0.15, 0.2) is 0 Å². The first kappa shape index (κ1) is 15.6. The van der Waals surface area contributed by atoms with Gasteiger partial charge >= 0.3 is 0 Å². The van der Waals surface area contributed by atoms with Crippen LogP contribution in [0.5, 0.6) is 0 Å². The van der Waals surface area contributed by atoms with Crippen molar-refractivity contribution in [2.75, 3.05) is 33.7 Å². The van der Waals surface area contributed by atoms with Crippen LogP contribution in [0.15, 0.2) is 24.3 Å². The molecule has 0 bridgehead atoms. The van der Waals surface area contributed by atoms with Crippen molar-refractivity contribution in [2.45, 2.75) is 13.0 Å². The number of carbonyl (C=O) groups excluding carboxylic acids is 1. The summed E-state index contributed by atoms with van der Waals surface area (Å²) in [4.78, 5) is 13.6. The van der Waals surface area contributed by atoms with Gasteiger partial charge in [-0.3, -0.25) is 4.79 Å². The fourth-order valence-electron chi connectivity index (χ4n) is 1.61. The molecule has 0 aliphatic heterocycles. The molecule has 1 aromatic carbocycles. The molecular weight excluding hydrogens is 245 g/mol. The van der Waals surface area contributed by atoms with Crippen molar-refractivity contribution in [1.82, 2.24) is 15.5 Å². The van der Waals surface area contributed by atoms with E-state index in [1.807, 2.05) is 14.1 Å². The smallest absolute Gasteiger partial charge is 0.233 e. The Balaban J connectivity index is 2.08. The maximum Gasteiger partial charge on any atom is 0.233 e. The number of amides is 1. The molecule has 0 aliphatic carbocycles. The predicted molar refractivity (Wildman–Crippen MR) is 74.3 cm³/mol. The summed E-state index contributed by atoms with van der Waals surface area (Å²) in [6.45, 7) is 2.49.